The van der Waals surface area contributed by atoms with Gasteiger partial charge in [0.25, 0.3) is 0 Å². The summed E-state index contributed by atoms with van der Waals surface area (Å²) in [7, 11) is -2.22. The maximum Gasteiger partial charge on any atom is 0.498 e. The predicted octanol–water partition coefficient (Wildman–Crippen LogP) is 22.4. The molecule has 19 rings (SSSR count). The van der Waals surface area contributed by atoms with E-state index in [0.29, 0.717) is 10.3 Å². The number of pyridine rings is 2. The zero-order valence-corrected chi connectivity index (χ0v) is 77.7. The number of benzene rings is 14. The first-order chi connectivity index (χ1) is 59.7. The average molecular weight is 1880 g/mol. The summed E-state index contributed by atoms with van der Waals surface area (Å²) < 4.78 is 16.7. The molecule has 0 saturated carbocycles. The molecule has 0 bridgehead atoms. The minimum Gasteiger partial charge on any atom is -0.399 e. The van der Waals surface area contributed by atoms with Gasteiger partial charge in [-0.3, -0.25) is 9.36 Å². The van der Waals surface area contributed by atoms with E-state index in [1.54, 1.807) is 12.4 Å². The molecule has 1 fully saturated rings. The van der Waals surface area contributed by atoms with Crippen molar-refractivity contribution in [1.29, 1.82) is 0 Å². The van der Waals surface area contributed by atoms with Crippen LogP contribution in [-0.4, -0.2) is 47.8 Å². The van der Waals surface area contributed by atoms with Crippen LogP contribution in [0.1, 0.15) is 41.5 Å². The Bertz CT molecular complexity index is 5260. The van der Waals surface area contributed by atoms with Crippen molar-refractivity contribution in [2.24, 2.45) is 0 Å². The second-order valence-electron chi connectivity index (χ2n) is 29.1. The van der Waals surface area contributed by atoms with E-state index >= 15 is 0 Å². The summed E-state index contributed by atoms with van der Waals surface area (Å²) in [5.74, 6) is 0. The van der Waals surface area contributed by atoms with Crippen LogP contribution < -0.4 is 69.1 Å². The molecular formula is C106H96BBrCl2N6O2P4Pd. The number of aromatic nitrogens is 6. The molecule has 8 nitrogen and oxygen atoms in total. The van der Waals surface area contributed by atoms with E-state index < -0.39 is 38.8 Å². The Balaban J connectivity index is 0.000000131. The van der Waals surface area contributed by atoms with Crippen molar-refractivity contribution in [3.8, 4) is 11.1 Å². The molecule has 616 valence electrons. The van der Waals surface area contributed by atoms with E-state index in [0.717, 1.165) is 50.6 Å². The molecule has 1 aliphatic rings. The van der Waals surface area contributed by atoms with Gasteiger partial charge in [-0.15, -0.1) is 0 Å². The quantitative estimate of drug-likeness (QED) is 0.0545. The fourth-order valence-electron chi connectivity index (χ4n) is 13.5. The number of fused-ring (bicyclic) bond motifs is 2. The van der Waals surface area contributed by atoms with E-state index in [9.17, 15) is 0 Å². The third-order valence-electron chi connectivity index (χ3n) is 20.3. The summed E-state index contributed by atoms with van der Waals surface area (Å²) in [4.78, 5) is 8.13. The van der Waals surface area contributed by atoms with Gasteiger partial charge in [0, 0.05) is 84.6 Å². The van der Waals surface area contributed by atoms with Crippen molar-refractivity contribution in [3.63, 3.8) is 0 Å². The van der Waals surface area contributed by atoms with E-state index in [4.69, 9.17) is 32.5 Å². The van der Waals surface area contributed by atoms with E-state index in [2.05, 4.69) is 432 Å². The maximum atomic E-state index is 6.11. The van der Waals surface area contributed by atoms with Crippen LogP contribution in [0.2, 0.25) is 10.3 Å². The zero-order valence-electron chi connectivity index (χ0n) is 69.5. The van der Waals surface area contributed by atoms with Gasteiger partial charge in [-0.25, -0.2) is 9.97 Å². The third kappa shape index (κ3) is 25.7. The van der Waals surface area contributed by atoms with Crippen molar-refractivity contribution in [1.82, 2.24) is 29.5 Å². The molecule has 4 aromatic heterocycles. The van der Waals surface area contributed by atoms with Crippen molar-refractivity contribution >= 4 is 169 Å². The Morgan fingerprint density at radius 2 is 0.553 bits per heavy atom. The molecule has 1 saturated heterocycles. The van der Waals surface area contributed by atoms with Gasteiger partial charge >= 0.3 is 7.12 Å². The number of rotatable bonds is 16. The number of halogens is 3. The van der Waals surface area contributed by atoms with Crippen LogP contribution in [0.4, 0.5) is 0 Å². The first-order valence-corrected chi connectivity index (χ1v) is 47.6. The Hall–Kier alpha value is -10.3. The SMILES string of the molecule is CC1(C)OB(c2cccnc2Cl)OC1(C)C.CCn1cc2cc(-c3cccnc3Cl)ccc2n1.CCn1cc2cc(Br)ccc2n1.[Pd].c1ccc(P(c2ccccc2)c2ccccc2)cc1.c1ccc(P(c2ccccc2)c2ccccc2)cc1.c1ccc(P(c2ccccc2)c2ccccc2)cc1.c1ccc(P(c2ccccc2)c2ccccc2)cc1. The van der Waals surface area contributed by atoms with Gasteiger partial charge in [0.15, 0.2) is 0 Å². The van der Waals surface area contributed by atoms with Crippen molar-refractivity contribution < 1.29 is 29.7 Å². The molecule has 5 heterocycles. The van der Waals surface area contributed by atoms with Crippen LogP contribution in [0.3, 0.4) is 0 Å². The number of hydrogen-bond donors (Lipinski definition) is 0. The molecule has 0 N–H and O–H groups in total. The van der Waals surface area contributed by atoms with E-state index in [-0.39, 0.29) is 31.6 Å². The molecule has 0 radical (unpaired) electrons. The van der Waals surface area contributed by atoms with Crippen LogP contribution in [-0.2, 0) is 42.8 Å². The molecule has 123 heavy (non-hydrogen) atoms. The molecule has 17 heteroatoms. The summed E-state index contributed by atoms with van der Waals surface area (Å²) >= 11 is 15.6. The molecule has 0 atom stereocenters. The van der Waals surface area contributed by atoms with Crippen molar-refractivity contribution in [2.45, 2.75) is 65.8 Å². The summed E-state index contributed by atoms with van der Waals surface area (Å²) in [6.45, 7) is 14.0. The predicted molar refractivity (Wildman–Crippen MR) is 532 cm³/mol. The van der Waals surface area contributed by atoms with Gasteiger partial charge in [-0.1, -0.05) is 415 Å². The summed E-state index contributed by atoms with van der Waals surface area (Å²) in [6, 6.07) is 149. The summed E-state index contributed by atoms with van der Waals surface area (Å²) in [5, 5.41) is 28.9. The fraction of sp³-hybridized carbons (Fsp3) is 0.0943. The minimum atomic E-state index is -0.446. The van der Waals surface area contributed by atoms with Crippen LogP contribution >= 0.6 is 70.8 Å². The average Bonchev–Trinajstić information content (AvgIpc) is 1.61. The molecular weight excluding hydrogens is 1780 g/mol. The van der Waals surface area contributed by atoms with Gasteiger partial charge in [-0.05, 0) is 191 Å². The Kier molecular flexibility index (Phi) is 35.1. The second kappa shape index (κ2) is 47.0. The normalized spacial score (nSPS) is 12.1. The molecule has 14 aromatic carbocycles. The van der Waals surface area contributed by atoms with Crippen molar-refractivity contribution in [2.75, 3.05) is 0 Å². The molecule has 1 aliphatic heterocycles. The van der Waals surface area contributed by atoms with Gasteiger partial charge in [0.2, 0.25) is 0 Å². The van der Waals surface area contributed by atoms with Gasteiger partial charge in [0.05, 0.1) is 22.2 Å². The topological polar surface area (TPSA) is 79.9 Å². The second-order valence-corrected chi connectivity index (χ2v) is 39.6. The Morgan fingerprint density at radius 3 is 0.805 bits per heavy atom. The Labute approximate surface area is 762 Å². The molecule has 0 aliphatic carbocycles. The van der Waals surface area contributed by atoms with E-state index in [1.165, 1.54) is 69.0 Å². The number of nitrogens with zero attached hydrogens (tertiary/aromatic N) is 6. The van der Waals surface area contributed by atoms with Gasteiger partial charge in [0.1, 0.15) is 10.3 Å². The minimum absolute atomic E-state index is 0. The summed E-state index contributed by atoms with van der Waals surface area (Å²) in [5.41, 5.74) is 4.15. The largest absolute Gasteiger partial charge is 0.498 e. The monoisotopic (exact) mass is 1870 g/mol. The zero-order chi connectivity index (χ0) is 84.7. The fourth-order valence-corrected chi connectivity index (χ4v) is 23.5. The van der Waals surface area contributed by atoms with Crippen LogP contribution in [0.15, 0.2) is 454 Å². The van der Waals surface area contributed by atoms with Crippen LogP contribution in [0, 0.1) is 0 Å². The Morgan fingerprint density at radius 1 is 0.309 bits per heavy atom. The smallest absolute Gasteiger partial charge is 0.399 e. The standard InChI is InChI=1S/4C18H15P.C14H12ClN3.C11H15BClNO2.C9H9BrN2.Pd/c4*1-4-10-16(11-5-1)19(17-12-6-2-7-13-17)18-14-8-3-9-15-18;1-2-18-9-11-8-10(5-6-13(11)17-18)12-4-3-7-16-14(12)15;1-10(2)11(3,4)16-12(15-10)8-6-5-7-14-9(8)13;1-2-12-6-7-5-8(10)3-4-9(7)11-12;/h4*1-15H;3-9H,2H2,1H3;5-7H,1-4H3;3-6H,2H2,1H3;. The first kappa shape index (κ1) is 91.9. The molecule has 0 amide bonds. The molecule has 0 unspecified atom stereocenters. The third-order valence-corrected chi connectivity index (χ3v) is 31.1. The van der Waals surface area contributed by atoms with Crippen LogP contribution in [0.25, 0.3) is 32.9 Å². The van der Waals surface area contributed by atoms with E-state index in [1.807, 2.05) is 91.8 Å². The summed E-state index contributed by atoms with van der Waals surface area (Å²) in [6.07, 6.45) is 7.44. The van der Waals surface area contributed by atoms with Gasteiger partial charge in [-0.2, -0.15) is 10.2 Å². The number of hydrogen-bond acceptors (Lipinski definition) is 6. The van der Waals surface area contributed by atoms with Crippen LogP contribution in [0.5, 0.6) is 0 Å². The molecule has 18 aromatic rings. The van der Waals surface area contributed by atoms with Crippen molar-refractivity contribution in [3.05, 3.63) is 464 Å². The van der Waals surface area contributed by atoms with Gasteiger partial charge < -0.3 is 9.31 Å². The maximum absolute atomic E-state index is 6.11. The number of aryl methyl sites for hydroxylation is 2. The molecule has 0 spiro atoms. The first-order valence-electron chi connectivity index (χ1n) is 40.7.